The molecule has 1 saturated heterocycles. The number of nitrogens with zero attached hydrogens (tertiary/aromatic N) is 3. The maximum atomic E-state index is 2.59. The maximum absolute atomic E-state index is 2.59. The summed E-state index contributed by atoms with van der Waals surface area (Å²) >= 11 is 0. The van der Waals surface area contributed by atoms with Gasteiger partial charge in [-0.3, -0.25) is 4.90 Å². The van der Waals surface area contributed by atoms with Crippen LogP contribution in [0.15, 0.2) is 30.5 Å². The number of aromatic nitrogens is 1. The Morgan fingerprint density at radius 2 is 1.85 bits per heavy atom. The number of unbranched alkanes of at least 4 members (excludes halogenated alkanes) is 2. The fourth-order valence-corrected chi connectivity index (χ4v) is 4.32. The summed E-state index contributed by atoms with van der Waals surface area (Å²) in [6, 6.07) is 10.1. The van der Waals surface area contributed by atoms with E-state index < -0.39 is 0 Å². The predicted molar refractivity (Wildman–Crippen MR) is 113 cm³/mol. The van der Waals surface area contributed by atoms with Crippen LogP contribution in [0.3, 0.4) is 0 Å². The molecule has 1 aromatic carbocycles. The molecule has 1 fully saturated rings. The van der Waals surface area contributed by atoms with Gasteiger partial charge in [-0.05, 0) is 62.0 Å². The van der Waals surface area contributed by atoms with E-state index in [1.54, 1.807) is 0 Å². The first kappa shape index (κ1) is 19.4. The molecule has 3 rings (SSSR count). The van der Waals surface area contributed by atoms with Crippen molar-refractivity contribution in [2.75, 3.05) is 32.7 Å². The molecule has 0 aliphatic carbocycles. The van der Waals surface area contributed by atoms with Gasteiger partial charge in [-0.1, -0.05) is 45.7 Å². The predicted octanol–water partition coefficient (Wildman–Crippen LogP) is 5.31. The minimum atomic E-state index is 0.664. The van der Waals surface area contributed by atoms with Crippen LogP contribution in [-0.2, 0) is 6.54 Å². The lowest BCUT2D eigenvalue weighted by Crippen LogP contribution is -2.34. The van der Waals surface area contributed by atoms with E-state index >= 15 is 0 Å². The van der Waals surface area contributed by atoms with E-state index in [0.717, 1.165) is 13.1 Å². The van der Waals surface area contributed by atoms with Gasteiger partial charge in [0.05, 0.1) is 0 Å². The summed E-state index contributed by atoms with van der Waals surface area (Å²) in [6.07, 6.45) is 8.83. The first-order chi connectivity index (χ1) is 12.7. The summed E-state index contributed by atoms with van der Waals surface area (Å²) in [5.74, 6) is 0. The number of fused-ring (bicyclic) bond motifs is 1. The molecule has 144 valence electrons. The standard InChI is InChI=1S/C23H37N3/c1-4-7-8-14-25(6-3)19-20-9-10-21-11-17-26(23(21)18-20)22-12-15-24(5-2)16-13-22/h9-11,17-18,22H,4-8,12-16,19H2,1-3H3. The van der Waals surface area contributed by atoms with Gasteiger partial charge in [0.25, 0.3) is 0 Å². The third-order valence-electron chi connectivity index (χ3n) is 6.12. The van der Waals surface area contributed by atoms with Crippen molar-refractivity contribution in [1.82, 2.24) is 14.4 Å². The number of hydrogen-bond acceptors (Lipinski definition) is 2. The number of piperidine rings is 1. The third-order valence-corrected chi connectivity index (χ3v) is 6.12. The number of hydrogen-bond donors (Lipinski definition) is 0. The van der Waals surface area contributed by atoms with E-state index in [1.165, 1.54) is 74.7 Å². The van der Waals surface area contributed by atoms with Gasteiger partial charge in [-0.2, -0.15) is 0 Å². The number of benzene rings is 1. The SMILES string of the molecule is CCCCCN(CC)Cc1ccc2ccn(C3CCN(CC)CC3)c2c1. The fourth-order valence-electron chi connectivity index (χ4n) is 4.32. The van der Waals surface area contributed by atoms with Gasteiger partial charge in [0.15, 0.2) is 0 Å². The van der Waals surface area contributed by atoms with Crippen molar-refractivity contribution in [3.63, 3.8) is 0 Å². The van der Waals surface area contributed by atoms with E-state index in [0.29, 0.717) is 6.04 Å². The van der Waals surface area contributed by atoms with Gasteiger partial charge >= 0.3 is 0 Å². The van der Waals surface area contributed by atoms with Crippen molar-refractivity contribution >= 4 is 10.9 Å². The molecular formula is C23H37N3. The van der Waals surface area contributed by atoms with E-state index in [2.05, 4.69) is 65.6 Å². The van der Waals surface area contributed by atoms with Gasteiger partial charge < -0.3 is 9.47 Å². The quantitative estimate of drug-likeness (QED) is 0.565. The summed E-state index contributed by atoms with van der Waals surface area (Å²) in [5, 5.41) is 1.39. The molecule has 0 amide bonds. The molecule has 1 aromatic heterocycles. The summed E-state index contributed by atoms with van der Waals surface area (Å²) in [6.45, 7) is 13.9. The topological polar surface area (TPSA) is 11.4 Å². The van der Waals surface area contributed by atoms with Crippen LogP contribution in [0, 0.1) is 0 Å². The minimum Gasteiger partial charge on any atom is -0.344 e. The van der Waals surface area contributed by atoms with Crippen LogP contribution >= 0.6 is 0 Å². The highest BCUT2D eigenvalue weighted by Crippen LogP contribution is 2.28. The Hall–Kier alpha value is -1.32. The molecule has 26 heavy (non-hydrogen) atoms. The summed E-state index contributed by atoms with van der Waals surface area (Å²) in [5.41, 5.74) is 2.89. The van der Waals surface area contributed by atoms with Crippen molar-refractivity contribution in [1.29, 1.82) is 0 Å². The molecule has 1 aliphatic rings. The number of likely N-dealkylation sites (tertiary alicyclic amines) is 1. The molecule has 2 heterocycles. The van der Waals surface area contributed by atoms with Crippen LogP contribution in [-0.4, -0.2) is 47.1 Å². The Balaban J connectivity index is 1.71. The first-order valence-corrected chi connectivity index (χ1v) is 10.8. The average Bonchev–Trinajstić information content (AvgIpc) is 3.10. The lowest BCUT2D eigenvalue weighted by molar-refractivity contribution is 0.197. The summed E-state index contributed by atoms with van der Waals surface area (Å²) in [4.78, 5) is 5.16. The lowest BCUT2D eigenvalue weighted by Gasteiger charge is -2.32. The molecule has 0 radical (unpaired) electrons. The molecule has 3 nitrogen and oxygen atoms in total. The van der Waals surface area contributed by atoms with E-state index in [-0.39, 0.29) is 0 Å². The van der Waals surface area contributed by atoms with Gasteiger partial charge in [0, 0.05) is 37.4 Å². The second kappa shape index (κ2) is 9.57. The molecule has 2 aromatic rings. The Morgan fingerprint density at radius 1 is 1.04 bits per heavy atom. The highest BCUT2D eigenvalue weighted by atomic mass is 15.1. The van der Waals surface area contributed by atoms with Gasteiger partial charge in [0.1, 0.15) is 0 Å². The van der Waals surface area contributed by atoms with Gasteiger partial charge in [0.2, 0.25) is 0 Å². The maximum Gasteiger partial charge on any atom is 0.0486 e. The smallest absolute Gasteiger partial charge is 0.0486 e. The van der Waals surface area contributed by atoms with Crippen molar-refractivity contribution in [3.8, 4) is 0 Å². The molecule has 0 unspecified atom stereocenters. The second-order valence-corrected chi connectivity index (χ2v) is 7.86. The summed E-state index contributed by atoms with van der Waals surface area (Å²) in [7, 11) is 0. The zero-order valence-electron chi connectivity index (χ0n) is 17.1. The Morgan fingerprint density at radius 3 is 2.54 bits per heavy atom. The molecule has 0 spiro atoms. The van der Waals surface area contributed by atoms with Crippen LogP contribution in [0.4, 0.5) is 0 Å². The number of rotatable bonds is 9. The fraction of sp³-hybridized carbons (Fsp3) is 0.652. The van der Waals surface area contributed by atoms with Crippen molar-refractivity contribution in [3.05, 3.63) is 36.0 Å². The van der Waals surface area contributed by atoms with Crippen LogP contribution in [0.5, 0.6) is 0 Å². The van der Waals surface area contributed by atoms with E-state index in [9.17, 15) is 0 Å². The van der Waals surface area contributed by atoms with Gasteiger partial charge in [-0.15, -0.1) is 0 Å². The minimum absolute atomic E-state index is 0.664. The zero-order valence-corrected chi connectivity index (χ0v) is 17.1. The molecule has 0 atom stereocenters. The molecule has 0 N–H and O–H groups in total. The van der Waals surface area contributed by atoms with Crippen molar-refractivity contribution in [2.45, 2.75) is 65.5 Å². The normalized spacial score (nSPS) is 16.8. The second-order valence-electron chi connectivity index (χ2n) is 7.86. The van der Waals surface area contributed by atoms with Crippen molar-refractivity contribution in [2.24, 2.45) is 0 Å². The van der Waals surface area contributed by atoms with Gasteiger partial charge in [-0.25, -0.2) is 0 Å². The lowest BCUT2D eigenvalue weighted by atomic mass is 10.0. The molecule has 1 aliphatic heterocycles. The van der Waals surface area contributed by atoms with Crippen LogP contribution in [0.25, 0.3) is 10.9 Å². The van der Waals surface area contributed by atoms with E-state index in [4.69, 9.17) is 0 Å². The molecule has 3 heteroatoms. The largest absolute Gasteiger partial charge is 0.344 e. The summed E-state index contributed by atoms with van der Waals surface area (Å²) < 4.78 is 2.55. The Labute approximate surface area is 160 Å². The van der Waals surface area contributed by atoms with Crippen LogP contribution in [0.2, 0.25) is 0 Å². The zero-order chi connectivity index (χ0) is 18.4. The third kappa shape index (κ3) is 4.69. The highest BCUT2D eigenvalue weighted by Gasteiger charge is 2.20. The molecule has 0 saturated carbocycles. The monoisotopic (exact) mass is 355 g/mol. The highest BCUT2D eigenvalue weighted by molar-refractivity contribution is 5.81. The van der Waals surface area contributed by atoms with E-state index in [1.807, 2.05) is 0 Å². The Bertz CT molecular complexity index is 667. The van der Waals surface area contributed by atoms with Crippen LogP contribution in [0.1, 0.15) is 64.5 Å². The molecular weight excluding hydrogens is 318 g/mol. The Kier molecular flexibility index (Phi) is 7.15. The average molecular weight is 356 g/mol. The van der Waals surface area contributed by atoms with Crippen LogP contribution < -0.4 is 0 Å². The first-order valence-electron chi connectivity index (χ1n) is 10.8. The van der Waals surface area contributed by atoms with Crippen molar-refractivity contribution < 1.29 is 0 Å². The molecule has 0 bridgehead atoms.